The Labute approximate surface area is 128 Å². The van der Waals surface area contributed by atoms with Gasteiger partial charge in [-0.1, -0.05) is 0 Å². The van der Waals surface area contributed by atoms with Gasteiger partial charge in [-0.3, -0.25) is 9.59 Å². The minimum Gasteiger partial charge on any atom is -0.348 e. The molecule has 0 atom stereocenters. The van der Waals surface area contributed by atoms with Crippen LogP contribution in [-0.2, 0) is 23.6 Å². The van der Waals surface area contributed by atoms with E-state index in [1.165, 1.54) is 26.4 Å². The van der Waals surface area contributed by atoms with Gasteiger partial charge in [0, 0.05) is 39.6 Å². The van der Waals surface area contributed by atoms with Gasteiger partial charge in [0.15, 0.2) is 5.78 Å². The highest BCUT2D eigenvalue weighted by Crippen LogP contribution is 2.11. The van der Waals surface area contributed by atoms with E-state index >= 15 is 0 Å². The summed E-state index contributed by atoms with van der Waals surface area (Å²) < 4.78 is 28.0. The van der Waals surface area contributed by atoms with Crippen LogP contribution >= 0.6 is 0 Å². The monoisotopic (exact) mass is 323 g/mol. The Bertz CT molecular complexity index is 862. The van der Waals surface area contributed by atoms with E-state index in [0.29, 0.717) is 5.69 Å². The Morgan fingerprint density at radius 1 is 1.23 bits per heavy atom. The van der Waals surface area contributed by atoms with Crippen molar-refractivity contribution in [3.05, 3.63) is 52.7 Å². The molecule has 8 heteroatoms. The van der Waals surface area contributed by atoms with E-state index in [4.69, 9.17) is 0 Å². The Morgan fingerprint density at radius 3 is 2.45 bits per heavy atom. The van der Waals surface area contributed by atoms with Gasteiger partial charge in [-0.25, -0.2) is 12.7 Å². The number of carbonyl (C=O) groups is 1. The van der Waals surface area contributed by atoms with Crippen molar-refractivity contribution in [3.8, 4) is 0 Å². The van der Waals surface area contributed by atoms with E-state index in [0.717, 1.165) is 14.9 Å². The van der Waals surface area contributed by atoms with Crippen molar-refractivity contribution < 1.29 is 13.2 Å². The fourth-order valence-electron chi connectivity index (χ4n) is 1.98. The van der Waals surface area contributed by atoms with Gasteiger partial charge < -0.3 is 9.13 Å². The van der Waals surface area contributed by atoms with E-state index in [2.05, 4.69) is 0 Å². The molecule has 2 heterocycles. The molecule has 0 aliphatic heterocycles. The number of hydrogen-bond acceptors (Lipinski definition) is 4. The van der Waals surface area contributed by atoms with Crippen molar-refractivity contribution in [1.82, 2.24) is 13.4 Å². The molecule has 22 heavy (non-hydrogen) atoms. The molecule has 0 fully saturated rings. The minimum absolute atomic E-state index is 0.0308. The Kier molecular flexibility index (Phi) is 4.34. The van der Waals surface area contributed by atoms with Gasteiger partial charge in [0.25, 0.3) is 5.56 Å². The van der Waals surface area contributed by atoms with Crippen LogP contribution in [0.5, 0.6) is 0 Å². The summed E-state index contributed by atoms with van der Waals surface area (Å²) in [4.78, 5) is 24.0. The lowest BCUT2D eigenvalue weighted by atomic mass is 10.3. The second kappa shape index (κ2) is 5.90. The standard InChI is InChI=1S/C14H17N3O4S/c1-15(2)22(20,21)11-6-7-14(19)17(9-11)10-13(18)12-5-4-8-16(12)3/h4-9H,10H2,1-3H3. The van der Waals surface area contributed by atoms with Gasteiger partial charge >= 0.3 is 0 Å². The molecule has 118 valence electrons. The third-order valence-corrected chi connectivity index (χ3v) is 5.08. The number of rotatable bonds is 5. The summed E-state index contributed by atoms with van der Waals surface area (Å²) >= 11 is 0. The predicted molar refractivity (Wildman–Crippen MR) is 81.3 cm³/mol. The van der Waals surface area contributed by atoms with Crippen LogP contribution < -0.4 is 5.56 Å². The molecule has 0 aromatic carbocycles. The van der Waals surface area contributed by atoms with E-state index in [-0.39, 0.29) is 17.2 Å². The second-order valence-electron chi connectivity index (χ2n) is 5.05. The summed E-state index contributed by atoms with van der Waals surface area (Å²) in [5.74, 6) is -0.269. The number of ketones is 1. The largest absolute Gasteiger partial charge is 0.348 e. The number of pyridine rings is 1. The van der Waals surface area contributed by atoms with E-state index in [9.17, 15) is 18.0 Å². The van der Waals surface area contributed by atoms with Gasteiger partial charge in [-0.15, -0.1) is 0 Å². The van der Waals surface area contributed by atoms with Gasteiger partial charge in [0.1, 0.15) is 0 Å². The lowest BCUT2D eigenvalue weighted by Gasteiger charge is -2.13. The highest BCUT2D eigenvalue weighted by Gasteiger charge is 2.19. The van der Waals surface area contributed by atoms with Crippen molar-refractivity contribution in [2.75, 3.05) is 14.1 Å². The number of nitrogens with zero attached hydrogens (tertiary/aromatic N) is 3. The van der Waals surface area contributed by atoms with Crippen LogP contribution in [0.2, 0.25) is 0 Å². The van der Waals surface area contributed by atoms with E-state index < -0.39 is 15.6 Å². The Morgan fingerprint density at radius 2 is 1.91 bits per heavy atom. The number of carbonyl (C=O) groups excluding carboxylic acids is 1. The quantitative estimate of drug-likeness (QED) is 0.742. The molecule has 0 radical (unpaired) electrons. The fourth-order valence-corrected chi connectivity index (χ4v) is 2.90. The molecular weight excluding hydrogens is 306 g/mol. The zero-order valence-electron chi connectivity index (χ0n) is 12.6. The molecule has 0 bridgehead atoms. The summed E-state index contributed by atoms with van der Waals surface area (Å²) in [5, 5.41) is 0. The van der Waals surface area contributed by atoms with Crippen LogP contribution in [0.15, 0.2) is 46.3 Å². The zero-order chi connectivity index (χ0) is 16.5. The average Bonchev–Trinajstić information content (AvgIpc) is 2.87. The lowest BCUT2D eigenvalue weighted by Crippen LogP contribution is -2.28. The van der Waals surface area contributed by atoms with Crippen molar-refractivity contribution in [1.29, 1.82) is 0 Å². The predicted octanol–water partition coefficient (Wildman–Crippen LogP) is 0.320. The maximum absolute atomic E-state index is 12.2. The fraction of sp³-hybridized carbons (Fsp3) is 0.286. The number of aromatic nitrogens is 2. The highest BCUT2D eigenvalue weighted by molar-refractivity contribution is 7.89. The van der Waals surface area contributed by atoms with Crippen LogP contribution in [0.1, 0.15) is 10.5 Å². The van der Waals surface area contributed by atoms with Crippen LogP contribution in [-0.4, -0.2) is 41.7 Å². The molecule has 0 amide bonds. The first-order valence-electron chi connectivity index (χ1n) is 6.51. The van der Waals surface area contributed by atoms with Gasteiger partial charge in [-0.05, 0) is 18.2 Å². The summed E-state index contributed by atoms with van der Waals surface area (Å²) in [5.41, 5.74) is 0.0213. The number of hydrogen-bond donors (Lipinski definition) is 0. The van der Waals surface area contributed by atoms with Crippen LogP contribution in [0.25, 0.3) is 0 Å². The Hall–Kier alpha value is -2.19. The maximum Gasteiger partial charge on any atom is 0.251 e. The first-order valence-corrected chi connectivity index (χ1v) is 7.95. The number of sulfonamides is 1. The maximum atomic E-state index is 12.2. The first-order chi connectivity index (χ1) is 10.2. The van der Waals surface area contributed by atoms with Gasteiger partial charge in [0.2, 0.25) is 10.0 Å². The summed E-state index contributed by atoms with van der Waals surface area (Å²) in [6, 6.07) is 5.76. The first kappa shape index (κ1) is 16.2. The molecular formula is C14H17N3O4S. The molecule has 0 N–H and O–H groups in total. The Balaban J connectivity index is 2.39. The van der Waals surface area contributed by atoms with E-state index in [1.807, 2.05) is 0 Å². The zero-order valence-corrected chi connectivity index (χ0v) is 13.4. The topological polar surface area (TPSA) is 81.4 Å². The van der Waals surface area contributed by atoms with Crippen LogP contribution in [0, 0.1) is 0 Å². The number of Topliss-reactive ketones (excluding diaryl/α,β-unsaturated/α-hetero) is 1. The van der Waals surface area contributed by atoms with Gasteiger partial charge in [0.05, 0.1) is 17.1 Å². The molecule has 0 unspecified atom stereocenters. The van der Waals surface area contributed by atoms with Gasteiger partial charge in [-0.2, -0.15) is 0 Å². The molecule has 2 aromatic heterocycles. The normalized spacial score (nSPS) is 11.8. The molecule has 0 spiro atoms. The molecule has 0 saturated heterocycles. The van der Waals surface area contributed by atoms with Crippen molar-refractivity contribution >= 4 is 15.8 Å². The molecule has 7 nitrogen and oxygen atoms in total. The summed E-state index contributed by atoms with van der Waals surface area (Å²) in [6.45, 7) is -0.215. The smallest absolute Gasteiger partial charge is 0.251 e. The van der Waals surface area contributed by atoms with E-state index in [1.54, 1.807) is 29.9 Å². The lowest BCUT2D eigenvalue weighted by molar-refractivity contribution is 0.0962. The number of aryl methyl sites for hydroxylation is 1. The molecule has 0 saturated carbocycles. The molecule has 0 aliphatic rings. The third kappa shape index (κ3) is 3.02. The summed E-state index contributed by atoms with van der Waals surface area (Å²) in [6.07, 6.45) is 2.92. The third-order valence-electron chi connectivity index (χ3n) is 3.28. The summed E-state index contributed by atoms with van der Waals surface area (Å²) in [7, 11) is 0.874. The second-order valence-corrected chi connectivity index (χ2v) is 7.20. The highest BCUT2D eigenvalue weighted by atomic mass is 32.2. The van der Waals surface area contributed by atoms with Crippen molar-refractivity contribution in [3.63, 3.8) is 0 Å². The SMILES string of the molecule is CN(C)S(=O)(=O)c1ccc(=O)n(CC(=O)c2cccn2C)c1. The molecule has 2 rings (SSSR count). The van der Waals surface area contributed by atoms with Crippen LogP contribution in [0.4, 0.5) is 0 Å². The van der Waals surface area contributed by atoms with Crippen molar-refractivity contribution in [2.24, 2.45) is 7.05 Å². The van der Waals surface area contributed by atoms with Crippen LogP contribution in [0.3, 0.4) is 0 Å². The molecule has 0 aliphatic carbocycles. The minimum atomic E-state index is -3.66. The molecule has 2 aromatic rings. The van der Waals surface area contributed by atoms with Crippen molar-refractivity contribution in [2.45, 2.75) is 11.4 Å². The average molecular weight is 323 g/mol.